The lowest BCUT2D eigenvalue weighted by Gasteiger charge is -2.08. The van der Waals surface area contributed by atoms with E-state index in [-0.39, 0.29) is 5.63 Å². The van der Waals surface area contributed by atoms with Gasteiger partial charge in [0.1, 0.15) is 5.58 Å². The average molecular weight is 393 g/mol. The molecule has 0 radical (unpaired) electrons. The lowest BCUT2D eigenvalue weighted by atomic mass is 10.0. The van der Waals surface area contributed by atoms with Crippen LogP contribution in [0.15, 0.2) is 56.8 Å². The van der Waals surface area contributed by atoms with Crippen LogP contribution in [0.1, 0.15) is 16.7 Å². The lowest BCUT2D eigenvalue weighted by molar-refractivity contribution is 0.557. The van der Waals surface area contributed by atoms with Gasteiger partial charge in [-0.15, -0.1) is 10.2 Å². The highest BCUT2D eigenvalue weighted by atomic mass is 32.2. The van der Waals surface area contributed by atoms with Crippen molar-refractivity contribution in [3.8, 4) is 0 Å². The Hall–Kier alpha value is -2.64. The molecule has 0 aliphatic carbocycles. The predicted octanol–water partition coefficient (Wildman–Crippen LogP) is 4.96. The van der Waals surface area contributed by atoms with Gasteiger partial charge < -0.3 is 4.42 Å². The molecule has 0 aliphatic heterocycles. The molecule has 0 saturated carbocycles. The van der Waals surface area contributed by atoms with Crippen molar-refractivity contribution >= 4 is 49.2 Å². The Morgan fingerprint density at radius 3 is 2.89 bits per heavy atom. The summed E-state index contributed by atoms with van der Waals surface area (Å²) >= 11 is 3.20. The molecule has 7 heteroatoms. The van der Waals surface area contributed by atoms with E-state index in [1.165, 1.54) is 4.70 Å². The summed E-state index contributed by atoms with van der Waals surface area (Å²) in [5.74, 6) is 0.621. The fourth-order valence-corrected chi connectivity index (χ4v) is 5.19. The molecule has 134 valence electrons. The van der Waals surface area contributed by atoms with Crippen LogP contribution in [0.25, 0.3) is 26.1 Å². The number of para-hydroxylation sites is 1. The molecular weight excluding hydrogens is 378 g/mol. The van der Waals surface area contributed by atoms with Gasteiger partial charge >= 0.3 is 5.63 Å². The normalized spacial score (nSPS) is 11.8. The number of hydrogen-bond acceptors (Lipinski definition) is 6. The first-order valence-electron chi connectivity index (χ1n) is 8.50. The average Bonchev–Trinajstić information content (AvgIpc) is 3.22. The monoisotopic (exact) mass is 393 g/mol. The van der Waals surface area contributed by atoms with Gasteiger partial charge in [-0.1, -0.05) is 47.4 Å². The molecule has 0 amide bonds. The molecule has 3 aromatic heterocycles. The van der Waals surface area contributed by atoms with Crippen LogP contribution in [0.4, 0.5) is 0 Å². The lowest BCUT2D eigenvalue weighted by Crippen LogP contribution is -2.01. The Balaban J connectivity index is 1.58. The zero-order valence-corrected chi connectivity index (χ0v) is 16.4. The van der Waals surface area contributed by atoms with E-state index < -0.39 is 0 Å². The highest BCUT2D eigenvalue weighted by Crippen LogP contribution is 2.32. The Morgan fingerprint density at radius 1 is 1.15 bits per heavy atom. The molecule has 5 rings (SSSR count). The van der Waals surface area contributed by atoms with E-state index in [0.717, 1.165) is 37.7 Å². The predicted molar refractivity (Wildman–Crippen MR) is 110 cm³/mol. The number of thiazole rings is 1. The van der Waals surface area contributed by atoms with Crippen molar-refractivity contribution in [2.75, 3.05) is 0 Å². The van der Waals surface area contributed by atoms with Crippen LogP contribution in [0.5, 0.6) is 0 Å². The molecule has 0 spiro atoms. The molecule has 3 heterocycles. The Kier molecular flexibility index (Phi) is 3.80. The van der Waals surface area contributed by atoms with E-state index in [1.807, 2.05) is 32.0 Å². The maximum Gasteiger partial charge on any atom is 0.336 e. The van der Waals surface area contributed by atoms with Crippen LogP contribution in [0.3, 0.4) is 0 Å². The van der Waals surface area contributed by atoms with Crippen molar-refractivity contribution in [3.63, 3.8) is 0 Å². The van der Waals surface area contributed by atoms with Gasteiger partial charge in [-0.05, 0) is 42.7 Å². The van der Waals surface area contributed by atoms with Crippen LogP contribution in [-0.2, 0) is 5.75 Å². The molecule has 0 atom stereocenters. The second kappa shape index (κ2) is 6.21. The van der Waals surface area contributed by atoms with E-state index in [1.54, 1.807) is 29.2 Å². The van der Waals surface area contributed by atoms with E-state index in [9.17, 15) is 4.79 Å². The summed E-state index contributed by atoms with van der Waals surface area (Å²) in [6, 6.07) is 13.9. The summed E-state index contributed by atoms with van der Waals surface area (Å²) in [5.41, 5.74) is 4.52. The van der Waals surface area contributed by atoms with Crippen molar-refractivity contribution in [2.45, 2.75) is 24.8 Å². The summed E-state index contributed by atoms with van der Waals surface area (Å²) in [6.07, 6.45) is 0. The highest BCUT2D eigenvalue weighted by molar-refractivity contribution is 7.98. The first-order chi connectivity index (χ1) is 13.1. The summed E-state index contributed by atoms with van der Waals surface area (Å²) in [7, 11) is 0. The number of benzene rings is 2. The maximum absolute atomic E-state index is 12.1. The van der Waals surface area contributed by atoms with Gasteiger partial charge in [0.25, 0.3) is 0 Å². The zero-order valence-electron chi connectivity index (χ0n) is 14.7. The van der Waals surface area contributed by atoms with Crippen LogP contribution in [-0.4, -0.2) is 14.6 Å². The smallest absolute Gasteiger partial charge is 0.336 e. The van der Waals surface area contributed by atoms with Crippen LogP contribution >= 0.6 is 23.1 Å². The Bertz CT molecular complexity index is 1380. The molecule has 2 aromatic carbocycles. The molecule has 5 aromatic rings. The third-order valence-electron chi connectivity index (χ3n) is 4.79. The Labute approximate surface area is 162 Å². The minimum atomic E-state index is -0.320. The number of thioether (sulfide) groups is 1. The van der Waals surface area contributed by atoms with E-state index in [2.05, 4.69) is 32.8 Å². The quantitative estimate of drug-likeness (QED) is 0.320. The molecule has 0 fully saturated rings. The molecule has 5 nitrogen and oxygen atoms in total. The van der Waals surface area contributed by atoms with Crippen LogP contribution in [0.2, 0.25) is 0 Å². The van der Waals surface area contributed by atoms with Crippen LogP contribution < -0.4 is 5.63 Å². The summed E-state index contributed by atoms with van der Waals surface area (Å²) < 4.78 is 8.73. The van der Waals surface area contributed by atoms with E-state index >= 15 is 0 Å². The zero-order chi connectivity index (χ0) is 18.5. The van der Waals surface area contributed by atoms with Crippen molar-refractivity contribution in [1.29, 1.82) is 0 Å². The van der Waals surface area contributed by atoms with E-state index in [0.29, 0.717) is 11.3 Å². The number of fused-ring (bicyclic) bond motifs is 4. The number of aryl methyl sites for hydroxylation is 2. The van der Waals surface area contributed by atoms with Crippen LogP contribution in [0, 0.1) is 13.8 Å². The number of rotatable bonds is 3. The molecule has 0 unspecified atom stereocenters. The van der Waals surface area contributed by atoms with Crippen molar-refractivity contribution < 1.29 is 4.42 Å². The van der Waals surface area contributed by atoms with Gasteiger partial charge in [0.05, 0.1) is 10.2 Å². The van der Waals surface area contributed by atoms with Gasteiger partial charge in [-0.3, -0.25) is 4.40 Å². The van der Waals surface area contributed by atoms with E-state index in [4.69, 9.17) is 4.42 Å². The number of nitrogens with zero attached hydrogens (tertiary/aromatic N) is 3. The maximum atomic E-state index is 12.1. The molecule has 0 N–H and O–H groups in total. The van der Waals surface area contributed by atoms with Gasteiger partial charge in [0.2, 0.25) is 4.96 Å². The van der Waals surface area contributed by atoms with Gasteiger partial charge in [-0.2, -0.15) is 0 Å². The Morgan fingerprint density at radius 2 is 2.00 bits per heavy atom. The molecular formula is C20H15N3O2S2. The fraction of sp³-hybridized carbons (Fsp3) is 0.150. The summed E-state index contributed by atoms with van der Waals surface area (Å²) in [4.78, 5) is 12.9. The first kappa shape index (κ1) is 16.5. The van der Waals surface area contributed by atoms with Crippen molar-refractivity contribution in [1.82, 2.24) is 14.6 Å². The standard InChI is InChI=1S/C20H15N3O2S2/c1-11-7-8-14-13(9-17(24)25-18(14)12(11)2)10-26-19-21-22-20-23(19)15-5-3-4-6-16(15)27-20/h3-9H,10H2,1-2H3. The third kappa shape index (κ3) is 2.65. The van der Waals surface area contributed by atoms with Gasteiger partial charge in [0, 0.05) is 17.2 Å². The van der Waals surface area contributed by atoms with Gasteiger partial charge in [0.15, 0.2) is 5.16 Å². The summed E-state index contributed by atoms with van der Waals surface area (Å²) in [6.45, 7) is 4.00. The SMILES string of the molecule is Cc1ccc2c(CSc3nnc4sc5ccccc5n34)cc(=O)oc2c1C. The number of hydrogen-bond donors (Lipinski definition) is 0. The molecule has 27 heavy (non-hydrogen) atoms. The minimum absolute atomic E-state index is 0.320. The third-order valence-corrected chi connectivity index (χ3v) is 6.77. The second-order valence-electron chi connectivity index (χ2n) is 6.43. The largest absolute Gasteiger partial charge is 0.422 e. The fourth-order valence-electron chi connectivity index (χ4n) is 3.24. The summed E-state index contributed by atoms with van der Waals surface area (Å²) in [5, 5.41) is 10.4. The molecule has 0 bridgehead atoms. The molecule has 0 aliphatic rings. The second-order valence-corrected chi connectivity index (χ2v) is 8.39. The van der Waals surface area contributed by atoms with Crippen molar-refractivity contribution in [3.05, 3.63) is 69.6 Å². The number of aromatic nitrogens is 3. The van der Waals surface area contributed by atoms with Crippen molar-refractivity contribution in [2.24, 2.45) is 0 Å². The molecule has 0 saturated heterocycles. The topological polar surface area (TPSA) is 60.4 Å². The first-order valence-corrected chi connectivity index (χ1v) is 10.3. The highest BCUT2D eigenvalue weighted by Gasteiger charge is 2.15. The van der Waals surface area contributed by atoms with Gasteiger partial charge in [-0.25, -0.2) is 4.79 Å². The minimum Gasteiger partial charge on any atom is -0.422 e.